The van der Waals surface area contributed by atoms with Crippen LogP contribution in [0.1, 0.15) is 51.1 Å². The number of hydrogen-bond donors (Lipinski definition) is 1. The summed E-state index contributed by atoms with van der Waals surface area (Å²) in [4.78, 5) is 20.9. The van der Waals surface area contributed by atoms with Crippen molar-refractivity contribution < 1.29 is 4.79 Å². The van der Waals surface area contributed by atoms with Gasteiger partial charge < -0.3 is 9.88 Å². The van der Waals surface area contributed by atoms with Gasteiger partial charge in [0.1, 0.15) is 5.54 Å². The molecule has 0 bridgehead atoms. The number of aromatic nitrogens is 1. The highest BCUT2D eigenvalue weighted by molar-refractivity contribution is 5.89. The molecule has 1 N–H and O–H groups in total. The van der Waals surface area contributed by atoms with E-state index >= 15 is 0 Å². The summed E-state index contributed by atoms with van der Waals surface area (Å²) in [6.45, 7) is 22.1. The molecule has 1 unspecified atom stereocenters. The number of likely N-dealkylation sites (tertiary alicyclic amines) is 1. The van der Waals surface area contributed by atoms with E-state index in [1.54, 1.807) is 11.1 Å². The Labute approximate surface area is 163 Å². The number of carbonyl (C=O) groups is 1. The zero-order chi connectivity index (χ0) is 20.6. The minimum Gasteiger partial charge on any atom is -0.358 e. The zero-order valence-corrected chi connectivity index (χ0v) is 17.3. The van der Waals surface area contributed by atoms with Gasteiger partial charge in [-0.15, -0.1) is 0 Å². The number of nitrogens with zero attached hydrogens (tertiary/aromatic N) is 2. The number of aliphatic imine (C=N–C) groups is 1. The van der Waals surface area contributed by atoms with E-state index in [0.717, 1.165) is 24.1 Å². The van der Waals surface area contributed by atoms with Crippen LogP contribution >= 0.6 is 0 Å². The molecule has 0 aromatic carbocycles. The highest BCUT2D eigenvalue weighted by atomic mass is 16.2. The van der Waals surface area contributed by atoms with Gasteiger partial charge in [-0.3, -0.25) is 9.79 Å². The first-order chi connectivity index (χ1) is 12.9. The Kier molecular flexibility index (Phi) is 8.05. The van der Waals surface area contributed by atoms with Crippen molar-refractivity contribution in [3.8, 4) is 11.8 Å². The van der Waals surface area contributed by atoms with E-state index in [9.17, 15) is 4.79 Å². The van der Waals surface area contributed by atoms with Gasteiger partial charge >= 0.3 is 0 Å². The van der Waals surface area contributed by atoms with Crippen LogP contribution in [-0.2, 0) is 11.2 Å². The van der Waals surface area contributed by atoms with Crippen LogP contribution in [0, 0.1) is 18.8 Å². The average Bonchev–Trinajstić information content (AvgIpc) is 3.05. The lowest BCUT2D eigenvalue weighted by Gasteiger charge is -2.46. The van der Waals surface area contributed by atoms with Crippen LogP contribution in [0.2, 0.25) is 0 Å². The van der Waals surface area contributed by atoms with E-state index < -0.39 is 5.54 Å². The molecule has 1 amide bonds. The summed E-state index contributed by atoms with van der Waals surface area (Å²) in [5.74, 6) is 6.26. The second kappa shape index (κ2) is 9.78. The first-order valence-electron chi connectivity index (χ1n) is 9.37. The highest BCUT2D eigenvalue weighted by Gasteiger charge is 2.41. The van der Waals surface area contributed by atoms with Crippen LogP contribution in [0.15, 0.2) is 42.1 Å². The minimum atomic E-state index is -0.480. The maximum atomic E-state index is 11.9. The molecule has 2 heterocycles. The van der Waals surface area contributed by atoms with E-state index in [0.29, 0.717) is 12.1 Å². The van der Waals surface area contributed by atoms with Crippen molar-refractivity contribution in [3.05, 3.63) is 54.0 Å². The Balaban J connectivity index is 0.00000176. The van der Waals surface area contributed by atoms with Crippen LogP contribution in [0.25, 0.3) is 5.57 Å². The van der Waals surface area contributed by atoms with Crippen LogP contribution < -0.4 is 0 Å². The molecule has 0 radical (unpaired) electrons. The molecular weight excluding hydrogens is 334 g/mol. The van der Waals surface area contributed by atoms with Crippen molar-refractivity contribution in [2.75, 3.05) is 6.54 Å². The van der Waals surface area contributed by atoms with Gasteiger partial charge in [0.15, 0.2) is 0 Å². The molecule has 2 rings (SSSR count). The first-order valence-corrected chi connectivity index (χ1v) is 9.37. The smallest absolute Gasteiger partial charge is 0.247 e. The molecule has 1 aromatic heterocycles. The topological polar surface area (TPSA) is 48.5 Å². The summed E-state index contributed by atoms with van der Waals surface area (Å²) in [5, 5.41) is 0. The quantitative estimate of drug-likeness (QED) is 0.350. The highest BCUT2D eigenvalue weighted by Crippen LogP contribution is 2.30. The van der Waals surface area contributed by atoms with Gasteiger partial charge in [-0.1, -0.05) is 45.8 Å². The van der Waals surface area contributed by atoms with Gasteiger partial charge in [0.2, 0.25) is 5.91 Å². The molecule has 0 aliphatic carbocycles. The van der Waals surface area contributed by atoms with E-state index in [2.05, 4.69) is 61.6 Å². The Morgan fingerprint density at radius 1 is 1.48 bits per heavy atom. The number of carbonyl (C=O) groups excluding carboxylic acids is 1. The fourth-order valence-corrected chi connectivity index (χ4v) is 2.91. The van der Waals surface area contributed by atoms with Crippen molar-refractivity contribution in [2.45, 2.75) is 53.0 Å². The van der Waals surface area contributed by atoms with E-state index in [-0.39, 0.29) is 5.91 Å². The molecule has 144 valence electrons. The third-order valence-corrected chi connectivity index (χ3v) is 4.67. The number of aryl methyl sites for hydroxylation is 2. The summed E-state index contributed by atoms with van der Waals surface area (Å²) in [7, 11) is 0. The van der Waals surface area contributed by atoms with Gasteiger partial charge in [0.05, 0.1) is 5.57 Å². The van der Waals surface area contributed by atoms with Crippen LogP contribution in [0.3, 0.4) is 0 Å². The van der Waals surface area contributed by atoms with Crippen molar-refractivity contribution in [1.29, 1.82) is 0 Å². The Hall–Kier alpha value is -2.80. The second-order valence-corrected chi connectivity index (χ2v) is 6.37. The fourth-order valence-electron chi connectivity index (χ4n) is 2.91. The predicted molar refractivity (Wildman–Crippen MR) is 116 cm³/mol. The number of H-pyrrole nitrogens is 1. The lowest BCUT2D eigenvalue weighted by molar-refractivity contribution is -0.136. The Morgan fingerprint density at radius 3 is 2.59 bits per heavy atom. The largest absolute Gasteiger partial charge is 0.358 e. The normalized spacial score (nSPS) is 18.3. The molecular formula is C23H31N3O. The lowest BCUT2D eigenvalue weighted by atomic mass is 9.86. The molecule has 1 aliphatic rings. The molecule has 0 saturated carbocycles. The summed E-state index contributed by atoms with van der Waals surface area (Å²) < 4.78 is 0. The number of aromatic amines is 1. The first kappa shape index (κ1) is 22.2. The number of rotatable bonds is 5. The van der Waals surface area contributed by atoms with Crippen molar-refractivity contribution in [3.63, 3.8) is 0 Å². The molecule has 27 heavy (non-hydrogen) atoms. The SMILES string of the molecule is C=CC(=O)N1CCC1(C)C#C/C(=C/N=C)C(=C)c1cc(C)c(CC)[nH]1.CC. The van der Waals surface area contributed by atoms with Crippen molar-refractivity contribution >= 4 is 18.2 Å². The van der Waals surface area contributed by atoms with Gasteiger partial charge in [-0.05, 0) is 51.1 Å². The van der Waals surface area contributed by atoms with Gasteiger partial charge in [-0.2, -0.15) is 0 Å². The fraction of sp³-hybridized carbons (Fsp3) is 0.391. The number of nitrogens with one attached hydrogen (secondary N) is 1. The number of hydrogen-bond acceptors (Lipinski definition) is 2. The molecule has 1 saturated heterocycles. The third kappa shape index (κ3) is 4.89. The summed E-state index contributed by atoms with van der Waals surface area (Å²) >= 11 is 0. The molecule has 1 fully saturated rings. The molecule has 4 nitrogen and oxygen atoms in total. The number of allylic oxidation sites excluding steroid dienone is 2. The minimum absolute atomic E-state index is 0.0955. The van der Waals surface area contributed by atoms with E-state index in [4.69, 9.17) is 0 Å². The predicted octanol–water partition coefficient (Wildman–Crippen LogP) is 4.69. The third-order valence-electron chi connectivity index (χ3n) is 4.67. The average molecular weight is 366 g/mol. The molecule has 4 heteroatoms. The zero-order valence-electron chi connectivity index (χ0n) is 17.3. The van der Waals surface area contributed by atoms with Crippen LogP contribution in [0.4, 0.5) is 0 Å². The summed E-state index contributed by atoms with van der Waals surface area (Å²) in [6.07, 6.45) is 4.70. The maximum Gasteiger partial charge on any atom is 0.247 e. The summed E-state index contributed by atoms with van der Waals surface area (Å²) in [5.41, 5.74) is 4.29. The number of amides is 1. The van der Waals surface area contributed by atoms with Crippen LogP contribution in [0.5, 0.6) is 0 Å². The standard InChI is InChI=1S/C21H25N3O.C2H6/c1-7-18-15(3)13-19(23-18)16(4)17(14-22-6)9-10-21(5)11-12-24(21)20(25)8-2;1-2/h8,13-14,23H,2,4,6-7,11-12H2,1,3,5H3;1-2H3/b17-14-;. The van der Waals surface area contributed by atoms with E-state index in [1.807, 2.05) is 20.8 Å². The lowest BCUT2D eigenvalue weighted by Crippen LogP contribution is -2.59. The summed E-state index contributed by atoms with van der Waals surface area (Å²) in [6, 6.07) is 2.07. The molecule has 1 aliphatic heterocycles. The van der Waals surface area contributed by atoms with Crippen molar-refractivity contribution in [2.24, 2.45) is 4.99 Å². The molecule has 1 aromatic rings. The monoisotopic (exact) mass is 365 g/mol. The Bertz CT molecular complexity index is 816. The molecule has 0 spiro atoms. The van der Waals surface area contributed by atoms with Gasteiger partial charge in [0, 0.05) is 29.7 Å². The van der Waals surface area contributed by atoms with Crippen molar-refractivity contribution in [1.82, 2.24) is 9.88 Å². The van der Waals surface area contributed by atoms with E-state index in [1.165, 1.54) is 17.3 Å². The van der Waals surface area contributed by atoms with Gasteiger partial charge in [-0.25, -0.2) is 0 Å². The second-order valence-electron chi connectivity index (χ2n) is 6.37. The molecule has 1 atom stereocenters. The Morgan fingerprint density at radius 2 is 2.15 bits per heavy atom. The maximum absolute atomic E-state index is 11.9. The van der Waals surface area contributed by atoms with Crippen LogP contribution in [-0.4, -0.2) is 34.6 Å². The van der Waals surface area contributed by atoms with Gasteiger partial charge in [0.25, 0.3) is 0 Å².